The Hall–Kier alpha value is -4.74. The maximum Gasteiger partial charge on any atom is 0.306 e. The number of carbonyl (C=O) groups is 6. The Morgan fingerprint density at radius 3 is 0.603 bits per heavy atom. The van der Waals surface area contributed by atoms with Crippen LogP contribution in [0.15, 0.2) is 72.9 Å². The van der Waals surface area contributed by atoms with E-state index in [0.717, 1.165) is 193 Å². The van der Waals surface area contributed by atoms with Gasteiger partial charge in [0, 0.05) is 19.3 Å². The average Bonchev–Trinajstić information content (AvgIpc) is 0.854. The van der Waals surface area contributed by atoms with E-state index in [1.807, 2.05) is 0 Å². The molecule has 12 heteroatoms. The van der Waals surface area contributed by atoms with E-state index in [0.29, 0.717) is 38.5 Å². The van der Waals surface area contributed by atoms with Gasteiger partial charge in [0.25, 0.3) is 0 Å². The Labute approximate surface area is 780 Å². The second-order valence-corrected chi connectivity index (χ2v) is 37.8. The van der Waals surface area contributed by atoms with Gasteiger partial charge in [-0.2, -0.15) is 0 Å². The molecule has 0 spiro atoms. The first kappa shape index (κ1) is 123. The highest BCUT2D eigenvalue weighted by Gasteiger charge is 2.35. The summed E-state index contributed by atoms with van der Waals surface area (Å²) in [6.07, 6.45) is 119. The van der Waals surface area contributed by atoms with E-state index in [1.54, 1.807) is 0 Å². The number of carbonyl (C=O) groups excluding carboxylic acids is 3. The van der Waals surface area contributed by atoms with Gasteiger partial charge in [-0.05, 0) is 211 Å². The Balaban J connectivity index is 0. The van der Waals surface area contributed by atoms with Crippen molar-refractivity contribution in [1.82, 2.24) is 0 Å². The lowest BCUT2D eigenvalue weighted by Crippen LogP contribution is -2.31. The molecule has 0 aliphatic heterocycles. The van der Waals surface area contributed by atoms with Gasteiger partial charge in [-0.3, -0.25) is 28.8 Å². The van der Waals surface area contributed by atoms with Gasteiger partial charge < -0.3 is 29.5 Å². The molecule has 0 saturated heterocycles. The third-order valence-electron chi connectivity index (χ3n) is 25.5. The van der Waals surface area contributed by atoms with Crippen molar-refractivity contribution in [3.63, 3.8) is 0 Å². The molecule has 0 aromatic heterocycles. The van der Waals surface area contributed by atoms with Crippen molar-refractivity contribution in [3.8, 4) is 0 Å². The van der Waals surface area contributed by atoms with E-state index in [-0.39, 0.29) is 44.0 Å². The average molecular weight is 1770 g/mol. The first-order valence-electron chi connectivity index (χ1n) is 54.9. The highest BCUT2D eigenvalue weighted by molar-refractivity contribution is 5.73. The molecule has 0 aliphatic rings. The van der Waals surface area contributed by atoms with Crippen LogP contribution < -0.4 is 0 Å². The largest absolute Gasteiger partial charge is 0.481 e. The minimum absolute atomic E-state index is 0.0806. The van der Waals surface area contributed by atoms with E-state index in [1.165, 1.54) is 289 Å². The molecule has 0 aromatic rings. The number of hydrogen-bond acceptors (Lipinski definition) is 9. The van der Waals surface area contributed by atoms with Crippen molar-refractivity contribution in [2.75, 3.05) is 13.2 Å². The van der Waals surface area contributed by atoms with Gasteiger partial charge in [-0.1, -0.05) is 423 Å². The molecule has 3 unspecified atom stereocenters. The number of aliphatic carboxylic acids is 3. The molecule has 0 aromatic carbocycles. The lowest BCUT2D eigenvalue weighted by atomic mass is 9.75. The van der Waals surface area contributed by atoms with E-state index in [9.17, 15) is 44.1 Å². The zero-order valence-corrected chi connectivity index (χ0v) is 83.9. The van der Waals surface area contributed by atoms with Crippen LogP contribution in [0.25, 0.3) is 0 Å². The summed E-state index contributed by atoms with van der Waals surface area (Å²) in [6, 6.07) is 0. The second-order valence-electron chi connectivity index (χ2n) is 37.8. The monoisotopic (exact) mass is 1770 g/mol. The number of hydrogen-bond donors (Lipinski definition) is 3. The van der Waals surface area contributed by atoms with Crippen LogP contribution in [0.4, 0.5) is 0 Å². The number of allylic oxidation sites excluding steroid dienone is 12. The molecule has 0 rings (SSSR count). The third kappa shape index (κ3) is 95.3. The van der Waals surface area contributed by atoms with Gasteiger partial charge in [0.1, 0.15) is 13.2 Å². The first-order chi connectivity index (χ1) is 61.8. The van der Waals surface area contributed by atoms with Gasteiger partial charge in [0.15, 0.2) is 6.10 Å². The molecule has 0 bridgehead atoms. The van der Waals surface area contributed by atoms with E-state index < -0.39 is 47.7 Å². The topological polar surface area (TPSA) is 191 Å². The van der Waals surface area contributed by atoms with E-state index >= 15 is 0 Å². The quantitative estimate of drug-likeness (QED) is 0.0226. The van der Waals surface area contributed by atoms with Crippen LogP contribution in [0.1, 0.15) is 574 Å². The summed E-state index contributed by atoms with van der Waals surface area (Å²) >= 11 is 0. The smallest absolute Gasteiger partial charge is 0.306 e. The minimum atomic E-state index is -0.903. The highest BCUT2D eigenvalue weighted by Crippen LogP contribution is 2.36. The predicted octanol–water partition coefficient (Wildman–Crippen LogP) is 36.5. The molecule has 126 heavy (non-hydrogen) atoms. The number of ether oxygens (including phenoxy) is 3. The Morgan fingerprint density at radius 2 is 0.397 bits per heavy atom. The molecule has 0 fully saturated rings. The zero-order valence-electron chi connectivity index (χ0n) is 83.9. The van der Waals surface area contributed by atoms with Crippen molar-refractivity contribution in [2.45, 2.75) is 581 Å². The fourth-order valence-electron chi connectivity index (χ4n) is 17.1. The van der Waals surface area contributed by atoms with Crippen molar-refractivity contribution in [3.05, 3.63) is 72.9 Å². The third-order valence-corrected chi connectivity index (χ3v) is 25.5. The standard InChI is InChI=1S/2C57H104O6/c1-4-7-10-13-16-19-22-25-28-31-34-37-40-43-46-51(55(58)59)49-53(54(57(62)63)48-45-42-39-36-33-30-27-24-21-18-15-12-9-6-3)50-52(56(60)61)47-44-41-38-35-32-29-26-23-20-17-14-11-8-5-2;1-4-7-10-13-16-19-22-25-28-31-34-37-40-43-46-49-55(58)61-52-54(63-57(60)51-48-45-42-39-36-33-30-27-24-21-18-15-12-9-6-3)53-62-56(59)50-47-44-41-38-35-32-29-26-23-20-17-14-11-8-5-2/h25-30,51-54H,4-24,31-50H2,1-3H3,(H,58,59)(H,60,61)(H,62,63);25-30,54H,4-24,31-53H2,1-3H3/b2*28-25+,29-26+,30-27+. The summed E-state index contributed by atoms with van der Waals surface area (Å²) in [5, 5.41) is 31.3. The van der Waals surface area contributed by atoms with Crippen LogP contribution in [-0.4, -0.2) is 70.5 Å². The molecular weight excluding hydrogens is 1560 g/mol. The summed E-state index contributed by atoms with van der Waals surface area (Å²) < 4.78 is 16.8. The van der Waals surface area contributed by atoms with Crippen molar-refractivity contribution in [1.29, 1.82) is 0 Å². The summed E-state index contributed by atoms with van der Waals surface area (Å²) in [4.78, 5) is 76.2. The summed E-state index contributed by atoms with van der Waals surface area (Å²) in [5.74, 6) is -6.05. The fraction of sp³-hybridized carbons (Fsp3) is 0.842. The lowest BCUT2D eigenvalue weighted by molar-refractivity contribution is -0.167. The first-order valence-corrected chi connectivity index (χ1v) is 54.9. The Kier molecular flexibility index (Phi) is 102. The van der Waals surface area contributed by atoms with E-state index in [2.05, 4.69) is 114 Å². The Bertz CT molecular complexity index is 2400. The van der Waals surface area contributed by atoms with Crippen molar-refractivity contribution >= 4 is 35.8 Å². The zero-order chi connectivity index (χ0) is 92.1. The van der Waals surface area contributed by atoms with Crippen molar-refractivity contribution < 1.29 is 58.3 Å². The Morgan fingerprint density at radius 1 is 0.214 bits per heavy atom. The normalized spacial score (nSPS) is 12.9. The van der Waals surface area contributed by atoms with Crippen LogP contribution >= 0.6 is 0 Å². The molecule has 0 saturated carbocycles. The molecule has 0 amide bonds. The molecule has 736 valence electrons. The number of esters is 3. The molecular formula is C114H208O12. The SMILES string of the molecule is CCCCCCCC/C=C/CCCCCCC(CC(CC(CCCCCC/C=C/CCCCCCCC)C(=O)O)C(CCCCCC/C=C/CCCCCCCC)C(=O)O)C(=O)O.CCCCCCCC/C=C/CCCCCCCC(=O)OCC(COC(=O)CCCCCCC/C=C/CCCCCCCC)OC(=O)CCCCCCC/C=C/CCCCCCCC. The van der Waals surface area contributed by atoms with Gasteiger partial charge >= 0.3 is 35.8 Å². The molecule has 0 radical (unpaired) electrons. The van der Waals surface area contributed by atoms with Crippen LogP contribution in [0, 0.1) is 23.7 Å². The van der Waals surface area contributed by atoms with E-state index in [4.69, 9.17) is 14.2 Å². The van der Waals surface area contributed by atoms with Crippen LogP contribution in [-0.2, 0) is 43.0 Å². The fourth-order valence-corrected chi connectivity index (χ4v) is 17.1. The minimum Gasteiger partial charge on any atom is -0.481 e. The molecule has 0 heterocycles. The number of carboxylic acid groups (broad SMARTS) is 3. The number of rotatable bonds is 100. The maximum atomic E-state index is 12.9. The summed E-state index contributed by atoms with van der Waals surface area (Å²) in [7, 11) is 0. The predicted molar refractivity (Wildman–Crippen MR) is 541 cm³/mol. The molecule has 12 nitrogen and oxygen atoms in total. The second kappa shape index (κ2) is 104. The van der Waals surface area contributed by atoms with Gasteiger partial charge in [-0.15, -0.1) is 0 Å². The summed E-state index contributed by atoms with van der Waals surface area (Å²) in [6.45, 7) is 13.4. The van der Waals surface area contributed by atoms with Gasteiger partial charge in [-0.25, -0.2) is 0 Å². The number of carboxylic acids is 3. The van der Waals surface area contributed by atoms with Crippen molar-refractivity contribution in [2.24, 2.45) is 23.7 Å². The molecule has 3 N–H and O–H groups in total. The van der Waals surface area contributed by atoms with Crippen LogP contribution in [0.3, 0.4) is 0 Å². The lowest BCUT2D eigenvalue weighted by Gasteiger charge is -2.29. The number of unbranched alkanes of at least 4 members (excludes halogenated alkanes) is 63. The van der Waals surface area contributed by atoms with Gasteiger partial charge in [0.2, 0.25) is 0 Å². The summed E-state index contributed by atoms with van der Waals surface area (Å²) in [5.41, 5.74) is 0. The van der Waals surface area contributed by atoms with Gasteiger partial charge in [0.05, 0.1) is 17.8 Å². The molecule has 3 atom stereocenters. The highest BCUT2D eigenvalue weighted by atomic mass is 16.6. The molecule has 0 aliphatic carbocycles. The maximum absolute atomic E-state index is 12.9. The van der Waals surface area contributed by atoms with Crippen LogP contribution in [0.2, 0.25) is 0 Å². The van der Waals surface area contributed by atoms with Crippen LogP contribution in [0.5, 0.6) is 0 Å².